The van der Waals surface area contributed by atoms with Crippen LogP contribution in [0.15, 0.2) is 46.2 Å². The highest BCUT2D eigenvalue weighted by Crippen LogP contribution is 2.31. The number of halogens is 1. The predicted octanol–water partition coefficient (Wildman–Crippen LogP) is 3.26. The highest BCUT2D eigenvalue weighted by molar-refractivity contribution is 7.92. The summed E-state index contributed by atoms with van der Waals surface area (Å²) in [5, 5.41) is 0.0447. The standard InChI is InChI=1S/C20H25ClN2O6S2/c1-15-13-17(6-8-19(15)29-12-11-28-2)30(24,25)22-16-5-7-18(21)20(14-16)31(26,27)23-9-3-4-10-23/h5-8,13-14,22H,3-4,9-12H2,1-2H3. The van der Waals surface area contributed by atoms with E-state index < -0.39 is 20.0 Å². The maximum absolute atomic E-state index is 12.9. The van der Waals surface area contributed by atoms with Crippen molar-refractivity contribution >= 4 is 37.3 Å². The molecule has 2 aromatic carbocycles. The molecule has 2 aromatic rings. The largest absolute Gasteiger partial charge is 0.491 e. The molecule has 0 aliphatic carbocycles. The molecule has 0 saturated carbocycles. The number of rotatable bonds is 9. The van der Waals surface area contributed by atoms with E-state index in [2.05, 4.69) is 4.72 Å². The molecule has 1 N–H and O–H groups in total. The first kappa shape index (κ1) is 23.8. The molecule has 3 rings (SSSR count). The number of hydrogen-bond acceptors (Lipinski definition) is 6. The summed E-state index contributed by atoms with van der Waals surface area (Å²) >= 11 is 6.13. The zero-order chi connectivity index (χ0) is 22.6. The van der Waals surface area contributed by atoms with Gasteiger partial charge in [-0.1, -0.05) is 11.6 Å². The minimum atomic E-state index is -3.95. The Balaban J connectivity index is 1.84. The van der Waals surface area contributed by atoms with Crippen molar-refractivity contribution in [3.63, 3.8) is 0 Å². The van der Waals surface area contributed by atoms with Crippen molar-refractivity contribution in [2.45, 2.75) is 29.6 Å². The summed E-state index contributed by atoms with van der Waals surface area (Å²) in [5.74, 6) is 0.557. The van der Waals surface area contributed by atoms with Gasteiger partial charge >= 0.3 is 0 Å². The molecule has 0 unspecified atom stereocenters. The second-order valence-corrected chi connectivity index (χ2v) is 11.1. The number of benzene rings is 2. The van der Waals surface area contributed by atoms with Crippen LogP contribution < -0.4 is 9.46 Å². The Kier molecular flexibility index (Phi) is 7.48. The van der Waals surface area contributed by atoms with Gasteiger partial charge in [-0.3, -0.25) is 4.72 Å². The van der Waals surface area contributed by atoms with Gasteiger partial charge in [-0.05, 0) is 61.7 Å². The van der Waals surface area contributed by atoms with Crippen LogP contribution in [0.3, 0.4) is 0 Å². The van der Waals surface area contributed by atoms with Gasteiger partial charge in [-0.15, -0.1) is 0 Å². The fraction of sp³-hybridized carbons (Fsp3) is 0.400. The molecule has 31 heavy (non-hydrogen) atoms. The summed E-state index contributed by atoms with van der Waals surface area (Å²) in [6, 6.07) is 8.54. The molecule has 170 valence electrons. The van der Waals surface area contributed by atoms with Gasteiger partial charge in [0.25, 0.3) is 10.0 Å². The molecule has 1 fully saturated rings. The maximum Gasteiger partial charge on any atom is 0.261 e. The van der Waals surface area contributed by atoms with E-state index in [-0.39, 0.29) is 20.5 Å². The van der Waals surface area contributed by atoms with E-state index in [0.29, 0.717) is 37.6 Å². The van der Waals surface area contributed by atoms with E-state index in [4.69, 9.17) is 21.1 Å². The SMILES string of the molecule is COCCOc1ccc(S(=O)(=O)Nc2ccc(Cl)c(S(=O)(=O)N3CCCC3)c2)cc1C. The van der Waals surface area contributed by atoms with E-state index in [1.165, 1.54) is 34.6 Å². The number of nitrogens with one attached hydrogen (secondary N) is 1. The lowest BCUT2D eigenvalue weighted by Crippen LogP contribution is -2.28. The third kappa shape index (κ3) is 5.50. The highest BCUT2D eigenvalue weighted by Gasteiger charge is 2.29. The number of anilines is 1. The summed E-state index contributed by atoms with van der Waals surface area (Å²) in [6.07, 6.45) is 1.57. The molecule has 0 amide bonds. The molecule has 11 heteroatoms. The van der Waals surface area contributed by atoms with E-state index in [1.54, 1.807) is 20.1 Å². The monoisotopic (exact) mass is 488 g/mol. The van der Waals surface area contributed by atoms with Crippen LogP contribution in [-0.2, 0) is 24.8 Å². The van der Waals surface area contributed by atoms with Crippen molar-refractivity contribution in [3.8, 4) is 5.75 Å². The van der Waals surface area contributed by atoms with Gasteiger partial charge in [-0.25, -0.2) is 16.8 Å². The molecule has 0 radical (unpaired) electrons. The Labute approximate surface area is 188 Å². The second kappa shape index (κ2) is 9.74. The summed E-state index contributed by atoms with van der Waals surface area (Å²) in [7, 11) is -6.18. The molecular formula is C20H25ClN2O6S2. The Bertz CT molecular complexity index is 1150. The molecule has 0 bridgehead atoms. The lowest BCUT2D eigenvalue weighted by atomic mass is 10.2. The second-order valence-electron chi connectivity index (χ2n) is 7.13. The normalized spacial score (nSPS) is 15.2. The fourth-order valence-electron chi connectivity index (χ4n) is 3.23. The third-order valence-electron chi connectivity index (χ3n) is 4.87. The number of sulfonamides is 2. The summed E-state index contributed by atoms with van der Waals surface area (Å²) in [6.45, 7) is 3.35. The Morgan fingerprint density at radius 3 is 2.39 bits per heavy atom. The van der Waals surface area contributed by atoms with Crippen LogP contribution >= 0.6 is 11.6 Å². The van der Waals surface area contributed by atoms with Gasteiger partial charge in [0.15, 0.2) is 0 Å². The number of hydrogen-bond donors (Lipinski definition) is 1. The molecule has 8 nitrogen and oxygen atoms in total. The fourth-order valence-corrected chi connectivity index (χ4v) is 6.38. The topological polar surface area (TPSA) is 102 Å². The van der Waals surface area contributed by atoms with Crippen molar-refractivity contribution in [2.24, 2.45) is 0 Å². The van der Waals surface area contributed by atoms with Gasteiger partial charge in [-0.2, -0.15) is 4.31 Å². The van der Waals surface area contributed by atoms with Crippen molar-refractivity contribution in [3.05, 3.63) is 47.0 Å². The van der Waals surface area contributed by atoms with Gasteiger partial charge in [0.1, 0.15) is 17.3 Å². The molecule has 0 aromatic heterocycles. The summed E-state index contributed by atoms with van der Waals surface area (Å²) in [4.78, 5) is -0.0858. The van der Waals surface area contributed by atoms with Gasteiger partial charge in [0.2, 0.25) is 10.0 Å². The molecule has 1 aliphatic rings. The zero-order valence-electron chi connectivity index (χ0n) is 17.3. The number of aryl methyl sites for hydroxylation is 1. The molecule has 0 atom stereocenters. The van der Waals surface area contributed by atoms with Crippen LogP contribution in [0.5, 0.6) is 5.75 Å². The Morgan fingerprint density at radius 1 is 1.03 bits per heavy atom. The van der Waals surface area contributed by atoms with Crippen LogP contribution in [-0.4, -0.2) is 54.6 Å². The van der Waals surface area contributed by atoms with Gasteiger partial charge in [0, 0.05) is 20.2 Å². The minimum absolute atomic E-state index is 0.0305. The number of ether oxygens (including phenoxy) is 2. The molecule has 0 spiro atoms. The van der Waals surface area contributed by atoms with Crippen molar-refractivity contribution in [1.82, 2.24) is 4.31 Å². The van der Waals surface area contributed by atoms with Crippen LogP contribution in [0.4, 0.5) is 5.69 Å². The molecule has 1 saturated heterocycles. The van der Waals surface area contributed by atoms with Crippen molar-refractivity contribution < 1.29 is 26.3 Å². The zero-order valence-corrected chi connectivity index (χ0v) is 19.7. The van der Waals surface area contributed by atoms with Crippen LogP contribution in [0.1, 0.15) is 18.4 Å². The highest BCUT2D eigenvalue weighted by atomic mass is 35.5. The van der Waals surface area contributed by atoms with E-state index >= 15 is 0 Å². The maximum atomic E-state index is 12.9. The van der Waals surface area contributed by atoms with Crippen LogP contribution in [0, 0.1) is 6.92 Å². The Hall–Kier alpha value is -1.85. The smallest absolute Gasteiger partial charge is 0.261 e. The summed E-state index contributed by atoms with van der Waals surface area (Å²) < 4.78 is 65.8. The first-order valence-electron chi connectivity index (χ1n) is 9.70. The first-order chi connectivity index (χ1) is 14.6. The average molecular weight is 489 g/mol. The van der Waals surface area contributed by atoms with E-state index in [0.717, 1.165) is 12.8 Å². The predicted molar refractivity (Wildman–Crippen MR) is 119 cm³/mol. The minimum Gasteiger partial charge on any atom is -0.491 e. The number of nitrogens with zero attached hydrogens (tertiary/aromatic N) is 1. The average Bonchev–Trinajstić information content (AvgIpc) is 3.26. The number of methoxy groups -OCH3 is 1. The van der Waals surface area contributed by atoms with Crippen molar-refractivity contribution in [2.75, 3.05) is 38.1 Å². The van der Waals surface area contributed by atoms with Crippen LogP contribution in [0.2, 0.25) is 5.02 Å². The first-order valence-corrected chi connectivity index (χ1v) is 13.0. The molecule has 1 heterocycles. The third-order valence-corrected chi connectivity index (χ3v) is 8.63. The quantitative estimate of drug-likeness (QED) is 0.543. The van der Waals surface area contributed by atoms with Gasteiger partial charge in [0.05, 0.1) is 22.2 Å². The van der Waals surface area contributed by atoms with Crippen molar-refractivity contribution in [1.29, 1.82) is 0 Å². The lowest BCUT2D eigenvalue weighted by Gasteiger charge is -2.17. The lowest BCUT2D eigenvalue weighted by molar-refractivity contribution is 0.146. The molecule has 1 aliphatic heterocycles. The van der Waals surface area contributed by atoms with E-state index in [9.17, 15) is 16.8 Å². The summed E-state index contributed by atoms with van der Waals surface area (Å²) in [5.41, 5.74) is 0.757. The van der Waals surface area contributed by atoms with E-state index in [1.807, 2.05) is 0 Å². The van der Waals surface area contributed by atoms with Crippen LogP contribution in [0.25, 0.3) is 0 Å². The molecular weight excluding hydrogens is 464 g/mol. The van der Waals surface area contributed by atoms with Gasteiger partial charge < -0.3 is 9.47 Å². The Morgan fingerprint density at radius 2 is 1.74 bits per heavy atom.